The smallest absolute Gasteiger partial charge is 0.344 e. The molecule has 0 atom stereocenters. The minimum atomic E-state index is -3.22. The van der Waals surface area contributed by atoms with Gasteiger partial charge in [0.05, 0.1) is 16.2 Å². The molecule has 1 aliphatic heterocycles. The summed E-state index contributed by atoms with van der Waals surface area (Å²) in [6.45, 7) is 5.08. The largest absolute Gasteiger partial charge is 0.481 e. The molecule has 2 aromatic carbocycles. The lowest BCUT2D eigenvalue weighted by atomic mass is 10.1. The van der Waals surface area contributed by atoms with Gasteiger partial charge in [-0.1, -0.05) is 29.5 Å². The van der Waals surface area contributed by atoms with Gasteiger partial charge < -0.3 is 9.47 Å². The van der Waals surface area contributed by atoms with Crippen LogP contribution < -0.4 is 4.74 Å². The quantitative estimate of drug-likeness (QED) is 0.545. The highest BCUT2D eigenvalue weighted by atomic mass is 35.5. The molecule has 0 aromatic heterocycles. The molecule has 3 rings (SSSR count). The van der Waals surface area contributed by atoms with E-state index in [1.54, 1.807) is 57.2 Å². The summed E-state index contributed by atoms with van der Waals surface area (Å²) < 4.78 is 35.0. The van der Waals surface area contributed by atoms with Crippen LogP contribution in [0.25, 0.3) is 0 Å². The van der Waals surface area contributed by atoms with Crippen LogP contribution in [0.5, 0.6) is 5.75 Å². The Bertz CT molecular complexity index is 1120. The van der Waals surface area contributed by atoms with Crippen molar-refractivity contribution in [1.82, 2.24) is 0 Å². The molecule has 0 amide bonds. The fourth-order valence-electron chi connectivity index (χ4n) is 2.86. The number of carbonyl (C=O) groups excluding carboxylic acids is 1. The second-order valence-corrected chi connectivity index (χ2v) is 10.2. The van der Waals surface area contributed by atoms with Gasteiger partial charge in [-0.3, -0.25) is 0 Å². The maximum Gasteiger partial charge on any atom is 0.344 e. The zero-order chi connectivity index (χ0) is 21.2. The Hall–Kier alpha value is -2.49. The van der Waals surface area contributed by atoms with Crippen LogP contribution in [0.15, 0.2) is 41.3 Å². The maximum absolute atomic E-state index is 12.1. The van der Waals surface area contributed by atoms with Crippen molar-refractivity contribution in [1.29, 1.82) is 0 Å². The molecule has 1 heterocycles. The summed E-state index contributed by atoms with van der Waals surface area (Å²) in [4.78, 5) is 12.2. The number of fused-ring (bicyclic) bond motifs is 1. The maximum atomic E-state index is 12.1. The molecule has 0 saturated heterocycles. The van der Waals surface area contributed by atoms with E-state index >= 15 is 0 Å². The van der Waals surface area contributed by atoms with Gasteiger partial charge >= 0.3 is 5.97 Å². The van der Waals surface area contributed by atoms with E-state index < -0.39 is 21.4 Å². The van der Waals surface area contributed by atoms with Crippen LogP contribution in [0.3, 0.4) is 0 Å². The van der Waals surface area contributed by atoms with Crippen molar-refractivity contribution >= 4 is 27.4 Å². The highest BCUT2D eigenvalue weighted by Gasteiger charge is 2.25. The standard InChI is InChI=1S/C22H21ClO5S/c1-22(2,3)28-21(24)14-27-19-9-8-18(23)13-17(19)7-5-15-4-6-16-10-11-29(25,26)20(16)12-15/h4,6,8-9,12-13H,10-11,14H2,1-3H3. The third-order valence-corrected chi connectivity index (χ3v) is 6.12. The van der Waals surface area contributed by atoms with E-state index in [0.29, 0.717) is 33.2 Å². The summed E-state index contributed by atoms with van der Waals surface area (Å²) >= 11 is 6.07. The lowest BCUT2D eigenvalue weighted by Crippen LogP contribution is -2.27. The molecule has 0 spiro atoms. The van der Waals surface area contributed by atoms with Crippen LogP contribution >= 0.6 is 11.6 Å². The van der Waals surface area contributed by atoms with E-state index in [9.17, 15) is 13.2 Å². The van der Waals surface area contributed by atoms with Crippen LogP contribution in [0.4, 0.5) is 0 Å². The number of esters is 1. The van der Waals surface area contributed by atoms with Crippen molar-refractivity contribution in [3.8, 4) is 17.6 Å². The molecule has 0 aliphatic carbocycles. The molecular formula is C22H21ClO5S. The summed E-state index contributed by atoms with van der Waals surface area (Å²) in [7, 11) is -3.22. The summed E-state index contributed by atoms with van der Waals surface area (Å²) in [6, 6.07) is 10.1. The first kappa shape index (κ1) is 21.2. The third-order valence-electron chi connectivity index (χ3n) is 4.09. The molecule has 1 aliphatic rings. The van der Waals surface area contributed by atoms with Crippen molar-refractivity contribution in [2.24, 2.45) is 0 Å². The van der Waals surface area contributed by atoms with E-state index in [1.807, 2.05) is 0 Å². The minimum Gasteiger partial charge on any atom is -0.481 e. The first-order chi connectivity index (χ1) is 13.5. The highest BCUT2D eigenvalue weighted by molar-refractivity contribution is 7.91. The average molecular weight is 433 g/mol. The predicted octanol–water partition coefficient (Wildman–Crippen LogP) is 3.79. The number of rotatable bonds is 3. The first-order valence-corrected chi connectivity index (χ1v) is 11.1. The van der Waals surface area contributed by atoms with E-state index in [4.69, 9.17) is 21.1 Å². The monoisotopic (exact) mass is 432 g/mol. The minimum absolute atomic E-state index is 0.135. The van der Waals surface area contributed by atoms with E-state index in [1.165, 1.54) is 0 Å². The van der Waals surface area contributed by atoms with Crippen LogP contribution in [-0.4, -0.2) is 32.3 Å². The summed E-state index contributed by atoms with van der Waals surface area (Å²) in [5, 5.41) is 0.468. The Morgan fingerprint density at radius 1 is 1.14 bits per heavy atom. The van der Waals surface area contributed by atoms with Gasteiger partial charge in [-0.2, -0.15) is 0 Å². The normalized spacial score (nSPS) is 14.5. The average Bonchev–Trinajstić information content (AvgIpc) is 2.92. The molecule has 152 valence electrons. The summed E-state index contributed by atoms with van der Waals surface area (Å²) in [6.07, 6.45) is 0.530. The molecule has 0 saturated carbocycles. The number of sulfone groups is 1. The molecule has 0 radical (unpaired) electrons. The van der Waals surface area contributed by atoms with Crippen molar-refractivity contribution in [3.05, 3.63) is 58.1 Å². The molecule has 0 fully saturated rings. The van der Waals surface area contributed by atoms with E-state index in [0.717, 1.165) is 5.56 Å². The number of hydrogen-bond acceptors (Lipinski definition) is 5. The number of benzene rings is 2. The third kappa shape index (κ3) is 5.53. The Labute approximate surface area is 175 Å². The van der Waals surface area contributed by atoms with E-state index in [-0.39, 0.29) is 12.4 Å². The van der Waals surface area contributed by atoms with Gasteiger partial charge in [0.2, 0.25) is 0 Å². The zero-order valence-electron chi connectivity index (χ0n) is 16.4. The highest BCUT2D eigenvalue weighted by Crippen LogP contribution is 2.27. The van der Waals surface area contributed by atoms with Gasteiger partial charge in [-0.15, -0.1) is 0 Å². The number of carbonyl (C=O) groups is 1. The first-order valence-electron chi connectivity index (χ1n) is 9.05. The van der Waals surface area contributed by atoms with Crippen molar-refractivity contribution in [2.75, 3.05) is 12.4 Å². The van der Waals surface area contributed by atoms with Crippen molar-refractivity contribution < 1.29 is 22.7 Å². The molecule has 7 heteroatoms. The molecule has 0 bridgehead atoms. The van der Waals surface area contributed by atoms with E-state index in [2.05, 4.69) is 11.8 Å². The van der Waals surface area contributed by atoms with Crippen molar-refractivity contribution in [3.63, 3.8) is 0 Å². The molecule has 0 N–H and O–H groups in total. The van der Waals surface area contributed by atoms with Crippen LogP contribution in [-0.2, 0) is 25.8 Å². The van der Waals surface area contributed by atoms with Crippen LogP contribution in [0.1, 0.15) is 37.5 Å². The Morgan fingerprint density at radius 2 is 1.90 bits per heavy atom. The Morgan fingerprint density at radius 3 is 2.62 bits per heavy atom. The van der Waals surface area contributed by atoms with Gasteiger partial charge in [0, 0.05) is 10.6 Å². The number of hydrogen-bond donors (Lipinski definition) is 0. The van der Waals surface area contributed by atoms with Crippen molar-refractivity contribution in [2.45, 2.75) is 37.7 Å². The second kappa shape index (κ2) is 8.10. The van der Waals surface area contributed by atoms with Gasteiger partial charge in [0.1, 0.15) is 11.4 Å². The van der Waals surface area contributed by atoms with Gasteiger partial charge in [-0.05, 0) is 63.1 Å². The molecular weight excluding hydrogens is 412 g/mol. The lowest BCUT2D eigenvalue weighted by Gasteiger charge is -2.19. The van der Waals surface area contributed by atoms with Gasteiger partial charge in [0.15, 0.2) is 16.4 Å². The van der Waals surface area contributed by atoms with Gasteiger partial charge in [-0.25, -0.2) is 13.2 Å². The number of aryl methyl sites for hydroxylation is 1. The number of ether oxygens (including phenoxy) is 2. The Kier molecular flexibility index (Phi) is 5.92. The molecule has 29 heavy (non-hydrogen) atoms. The molecule has 5 nitrogen and oxygen atoms in total. The predicted molar refractivity (Wildman–Crippen MR) is 111 cm³/mol. The summed E-state index contributed by atoms with van der Waals surface area (Å²) in [5.74, 6) is 5.94. The van der Waals surface area contributed by atoms with Gasteiger partial charge in [0.25, 0.3) is 0 Å². The van der Waals surface area contributed by atoms with Crippen LogP contribution in [0.2, 0.25) is 5.02 Å². The fraction of sp³-hybridized carbons (Fsp3) is 0.318. The molecule has 2 aromatic rings. The SMILES string of the molecule is CC(C)(C)OC(=O)COc1ccc(Cl)cc1C#Cc1ccc2c(c1)S(=O)(=O)CC2. The topological polar surface area (TPSA) is 69.7 Å². The second-order valence-electron chi connectivity index (χ2n) is 7.66. The molecule has 0 unspecified atom stereocenters. The number of halogens is 1. The van der Waals surface area contributed by atoms with Crippen LogP contribution in [0, 0.1) is 11.8 Å². The fourth-order valence-corrected chi connectivity index (χ4v) is 4.61. The zero-order valence-corrected chi connectivity index (χ0v) is 18.0. The Balaban J connectivity index is 1.82. The summed E-state index contributed by atoms with van der Waals surface area (Å²) in [5.41, 5.74) is 1.29. The lowest BCUT2D eigenvalue weighted by molar-refractivity contribution is -0.157.